The number of para-hydroxylation sites is 2. The smallest absolute Gasteiger partial charge is 0.0467 e. The number of hydrogen-bond donors (Lipinski definition) is 0. The largest absolute Gasteiger partial charge is 0.310 e. The molecule has 0 saturated carbocycles. The minimum Gasteiger partial charge on any atom is -0.310 e. The van der Waals surface area contributed by atoms with E-state index in [1.54, 1.807) is 0 Å². The Morgan fingerprint density at radius 3 is 0.828 bits per heavy atom. The van der Waals surface area contributed by atoms with E-state index in [0.29, 0.717) is 0 Å². The summed E-state index contributed by atoms with van der Waals surface area (Å²) in [6.45, 7) is 13.5. The molecule has 0 aliphatic heterocycles. The first-order chi connectivity index (χ1) is 31.0. The predicted octanol–water partition coefficient (Wildman–Crippen LogP) is 17.7. The van der Waals surface area contributed by atoms with Gasteiger partial charge < -0.3 is 9.80 Å². The van der Waals surface area contributed by atoms with E-state index in [-0.39, 0.29) is 10.8 Å². The van der Waals surface area contributed by atoms with E-state index < -0.39 is 0 Å². The third-order valence-electron chi connectivity index (χ3n) is 11.5. The zero-order chi connectivity index (χ0) is 44.5. The van der Waals surface area contributed by atoms with Crippen LogP contribution in [0.25, 0.3) is 36.5 Å². The molecule has 0 unspecified atom stereocenters. The van der Waals surface area contributed by atoms with Crippen LogP contribution in [0.2, 0.25) is 0 Å². The fraction of sp³-hybridized carbons (Fsp3) is 0.129. The van der Waals surface area contributed by atoms with Crippen LogP contribution in [0.4, 0.5) is 34.1 Å². The standard InChI is InChI=1S/C62H58N2/c1-61(2,3)53-37-29-47(30-38-53)25-27-51-15-13-21-59(45-51)63(55-17-9-7-10-18-55)57-41-33-49(34-42-57)23-24-50-35-43-58(44-36-50)64(56-19-11-8-12-20-56)60-22-14-16-52(46-60)28-26-48-31-39-54(40-32-48)62(4,5)6/h7-46H,1-6H3/b24-23+,27-25+,28-26+. The second kappa shape index (κ2) is 19.3. The summed E-state index contributed by atoms with van der Waals surface area (Å²) < 4.78 is 0. The van der Waals surface area contributed by atoms with E-state index in [9.17, 15) is 0 Å². The first-order valence-electron chi connectivity index (χ1n) is 22.3. The molecule has 0 radical (unpaired) electrons. The lowest BCUT2D eigenvalue weighted by atomic mass is 9.86. The van der Waals surface area contributed by atoms with Gasteiger partial charge in [0.1, 0.15) is 0 Å². The van der Waals surface area contributed by atoms with Crippen LogP contribution < -0.4 is 9.80 Å². The predicted molar refractivity (Wildman–Crippen MR) is 279 cm³/mol. The molecule has 0 spiro atoms. The fourth-order valence-corrected chi connectivity index (χ4v) is 7.82. The van der Waals surface area contributed by atoms with Gasteiger partial charge in [0.15, 0.2) is 0 Å². The van der Waals surface area contributed by atoms with Crippen molar-refractivity contribution in [1.29, 1.82) is 0 Å². The molecule has 0 N–H and O–H groups in total. The summed E-state index contributed by atoms with van der Waals surface area (Å²) in [6.07, 6.45) is 13.2. The monoisotopic (exact) mass is 830 g/mol. The molecule has 0 fully saturated rings. The average molecular weight is 831 g/mol. The fourth-order valence-electron chi connectivity index (χ4n) is 7.82. The van der Waals surface area contributed by atoms with Gasteiger partial charge in [0.05, 0.1) is 0 Å². The molecule has 64 heavy (non-hydrogen) atoms. The number of hydrogen-bond acceptors (Lipinski definition) is 2. The molecule has 0 atom stereocenters. The van der Waals surface area contributed by atoms with Crippen molar-refractivity contribution in [2.24, 2.45) is 0 Å². The Hall–Kier alpha value is -7.42. The van der Waals surface area contributed by atoms with Crippen LogP contribution in [0.3, 0.4) is 0 Å². The summed E-state index contributed by atoms with van der Waals surface area (Å²) in [5, 5.41) is 0. The molecule has 0 aliphatic carbocycles. The van der Waals surface area contributed by atoms with Gasteiger partial charge in [-0.05, 0) is 128 Å². The number of anilines is 6. The Morgan fingerprint density at radius 1 is 0.250 bits per heavy atom. The van der Waals surface area contributed by atoms with Gasteiger partial charge in [0, 0.05) is 34.1 Å². The molecule has 0 heterocycles. The summed E-state index contributed by atoms with van der Waals surface area (Å²) in [6, 6.07) is 74.0. The lowest BCUT2D eigenvalue weighted by Gasteiger charge is -2.26. The van der Waals surface area contributed by atoms with Crippen LogP contribution in [-0.4, -0.2) is 0 Å². The Kier molecular flexibility index (Phi) is 13.1. The van der Waals surface area contributed by atoms with Gasteiger partial charge in [0.25, 0.3) is 0 Å². The van der Waals surface area contributed by atoms with Crippen LogP contribution >= 0.6 is 0 Å². The van der Waals surface area contributed by atoms with Crippen molar-refractivity contribution < 1.29 is 0 Å². The quantitative estimate of drug-likeness (QED) is 0.113. The summed E-state index contributed by atoms with van der Waals surface area (Å²) in [5.74, 6) is 0. The molecular formula is C62H58N2. The molecule has 0 aliphatic rings. The van der Waals surface area contributed by atoms with Gasteiger partial charge in [0.2, 0.25) is 0 Å². The number of rotatable bonds is 12. The highest BCUT2D eigenvalue weighted by Crippen LogP contribution is 2.37. The summed E-state index contributed by atoms with van der Waals surface area (Å²) >= 11 is 0. The number of benzene rings is 8. The van der Waals surface area contributed by atoms with Crippen molar-refractivity contribution in [3.05, 3.63) is 251 Å². The van der Waals surface area contributed by atoms with Crippen molar-refractivity contribution >= 4 is 70.6 Å². The van der Waals surface area contributed by atoms with E-state index in [1.165, 1.54) is 22.3 Å². The lowest BCUT2D eigenvalue weighted by Crippen LogP contribution is -2.10. The van der Waals surface area contributed by atoms with Gasteiger partial charge in [-0.2, -0.15) is 0 Å². The Bertz CT molecular complexity index is 2630. The van der Waals surface area contributed by atoms with Crippen molar-refractivity contribution in [1.82, 2.24) is 0 Å². The van der Waals surface area contributed by atoms with Gasteiger partial charge >= 0.3 is 0 Å². The number of nitrogens with zero attached hydrogens (tertiary/aromatic N) is 2. The van der Waals surface area contributed by atoms with Gasteiger partial charge in [-0.1, -0.05) is 211 Å². The first-order valence-corrected chi connectivity index (χ1v) is 22.3. The van der Waals surface area contributed by atoms with Crippen LogP contribution in [0.5, 0.6) is 0 Å². The molecule has 8 aromatic rings. The molecular weight excluding hydrogens is 773 g/mol. The highest BCUT2D eigenvalue weighted by molar-refractivity contribution is 5.82. The van der Waals surface area contributed by atoms with E-state index in [2.05, 4.69) is 294 Å². The molecule has 2 heteroatoms. The second-order valence-electron chi connectivity index (χ2n) is 18.5. The van der Waals surface area contributed by atoms with E-state index >= 15 is 0 Å². The van der Waals surface area contributed by atoms with Crippen LogP contribution in [0.15, 0.2) is 206 Å². The summed E-state index contributed by atoms with van der Waals surface area (Å²) in [5.41, 5.74) is 16.5. The molecule has 0 aromatic heterocycles. The Morgan fingerprint density at radius 2 is 0.516 bits per heavy atom. The van der Waals surface area contributed by atoms with E-state index in [1.807, 2.05) is 0 Å². The highest BCUT2D eigenvalue weighted by atomic mass is 15.1. The third kappa shape index (κ3) is 11.0. The van der Waals surface area contributed by atoms with E-state index in [4.69, 9.17) is 0 Å². The van der Waals surface area contributed by atoms with Crippen molar-refractivity contribution in [2.45, 2.75) is 52.4 Å². The first kappa shape index (κ1) is 43.2. The molecule has 8 aromatic carbocycles. The summed E-state index contributed by atoms with van der Waals surface area (Å²) in [4.78, 5) is 4.63. The maximum atomic E-state index is 2.32. The third-order valence-corrected chi connectivity index (χ3v) is 11.5. The van der Waals surface area contributed by atoms with E-state index in [0.717, 1.165) is 56.4 Å². The van der Waals surface area contributed by atoms with Crippen LogP contribution in [0.1, 0.15) is 86.1 Å². The average Bonchev–Trinajstić information content (AvgIpc) is 3.31. The molecule has 8 rings (SSSR count). The Balaban J connectivity index is 0.990. The van der Waals surface area contributed by atoms with Crippen molar-refractivity contribution in [3.63, 3.8) is 0 Å². The molecule has 0 amide bonds. The molecule has 0 bridgehead atoms. The molecule has 2 nitrogen and oxygen atoms in total. The van der Waals surface area contributed by atoms with Crippen LogP contribution in [0, 0.1) is 0 Å². The lowest BCUT2D eigenvalue weighted by molar-refractivity contribution is 0.590. The maximum Gasteiger partial charge on any atom is 0.0467 e. The topological polar surface area (TPSA) is 6.48 Å². The van der Waals surface area contributed by atoms with Crippen molar-refractivity contribution in [3.8, 4) is 0 Å². The zero-order valence-corrected chi connectivity index (χ0v) is 38.0. The molecule has 0 saturated heterocycles. The SMILES string of the molecule is CC(C)(C)c1ccc(/C=C/c2cccc(N(c3ccccc3)c3ccc(/C=C/c4ccc(N(c5ccccc5)c5cccc(/C=C/c6ccc(C(C)(C)C)cc6)c5)cc4)cc3)c2)cc1. The van der Waals surface area contributed by atoms with Crippen LogP contribution in [-0.2, 0) is 10.8 Å². The zero-order valence-electron chi connectivity index (χ0n) is 38.0. The highest BCUT2D eigenvalue weighted by Gasteiger charge is 2.16. The summed E-state index contributed by atoms with van der Waals surface area (Å²) in [7, 11) is 0. The maximum absolute atomic E-state index is 2.32. The Labute approximate surface area is 381 Å². The minimum absolute atomic E-state index is 0.138. The second-order valence-corrected chi connectivity index (χ2v) is 18.5. The van der Waals surface area contributed by atoms with Gasteiger partial charge in [-0.3, -0.25) is 0 Å². The normalized spacial score (nSPS) is 12.0. The van der Waals surface area contributed by atoms with Gasteiger partial charge in [-0.15, -0.1) is 0 Å². The molecule has 316 valence electrons. The van der Waals surface area contributed by atoms with Gasteiger partial charge in [-0.25, -0.2) is 0 Å². The minimum atomic E-state index is 0.138. The van der Waals surface area contributed by atoms with Crippen molar-refractivity contribution in [2.75, 3.05) is 9.80 Å².